The van der Waals surface area contributed by atoms with Crippen molar-refractivity contribution >= 4 is 5.97 Å². The molecule has 2 atom stereocenters. The highest BCUT2D eigenvalue weighted by atomic mass is 16.6. The summed E-state index contributed by atoms with van der Waals surface area (Å²) < 4.78 is 5.46. The van der Waals surface area contributed by atoms with Crippen molar-refractivity contribution in [2.45, 2.75) is 51.0 Å². The van der Waals surface area contributed by atoms with Crippen molar-refractivity contribution in [2.24, 2.45) is 5.92 Å². The van der Waals surface area contributed by atoms with Crippen molar-refractivity contribution in [3.63, 3.8) is 0 Å². The molecule has 2 heteroatoms. The highest BCUT2D eigenvalue weighted by Crippen LogP contribution is 2.43. The van der Waals surface area contributed by atoms with Crippen LogP contribution in [-0.2, 0) is 9.53 Å². The third-order valence-electron chi connectivity index (χ3n) is 3.45. The molecule has 1 saturated carbocycles. The summed E-state index contributed by atoms with van der Waals surface area (Å²) in [6, 6.07) is 0. The van der Waals surface area contributed by atoms with Crippen molar-refractivity contribution in [3.05, 3.63) is 0 Å². The largest absolute Gasteiger partial charge is 0.459 e. The number of carbonyl (C=O) groups excluding carboxylic acids is 1. The Morgan fingerprint density at radius 1 is 1.42 bits per heavy atom. The minimum absolute atomic E-state index is 0.0174. The lowest BCUT2D eigenvalue weighted by Crippen LogP contribution is -2.38. The lowest BCUT2D eigenvalue weighted by atomic mass is 9.75. The number of hydrogen-bond donors (Lipinski definition) is 0. The molecule has 0 aromatic heterocycles. The van der Waals surface area contributed by atoms with Gasteiger partial charge in [-0.1, -0.05) is 13.3 Å². The van der Waals surface area contributed by atoms with Crippen LogP contribution in [0, 0.1) is 5.92 Å². The molecule has 1 aliphatic carbocycles. The molecule has 1 heterocycles. The van der Waals surface area contributed by atoms with Crippen LogP contribution in [0.5, 0.6) is 0 Å². The van der Waals surface area contributed by atoms with E-state index in [1.807, 2.05) is 0 Å². The minimum Gasteiger partial charge on any atom is -0.459 e. The average Bonchev–Trinajstić information content (AvgIpc) is 2.41. The van der Waals surface area contributed by atoms with Crippen molar-refractivity contribution in [1.82, 2.24) is 0 Å². The molecule has 68 valence electrons. The lowest BCUT2D eigenvalue weighted by Gasteiger charge is -2.37. The first-order chi connectivity index (χ1) is 5.73. The second-order valence-electron chi connectivity index (χ2n) is 4.19. The van der Waals surface area contributed by atoms with Gasteiger partial charge >= 0.3 is 5.97 Å². The van der Waals surface area contributed by atoms with Gasteiger partial charge in [-0.05, 0) is 31.6 Å². The molecule has 0 N–H and O–H groups in total. The Hall–Kier alpha value is -0.530. The zero-order valence-electron chi connectivity index (χ0n) is 7.64. The van der Waals surface area contributed by atoms with E-state index >= 15 is 0 Å². The second-order valence-corrected chi connectivity index (χ2v) is 4.19. The molecular formula is C10H16O2. The van der Waals surface area contributed by atoms with Gasteiger partial charge < -0.3 is 4.74 Å². The molecule has 0 radical (unpaired) electrons. The number of hydrogen-bond acceptors (Lipinski definition) is 2. The third-order valence-corrected chi connectivity index (χ3v) is 3.45. The van der Waals surface area contributed by atoms with Gasteiger partial charge in [0.05, 0.1) is 0 Å². The van der Waals surface area contributed by atoms with Crippen LogP contribution in [0.25, 0.3) is 0 Å². The molecule has 12 heavy (non-hydrogen) atoms. The summed E-state index contributed by atoms with van der Waals surface area (Å²) in [7, 11) is 0. The molecule has 0 aromatic rings. The van der Waals surface area contributed by atoms with Gasteiger partial charge in [0.2, 0.25) is 0 Å². The van der Waals surface area contributed by atoms with Crippen LogP contribution in [-0.4, -0.2) is 11.6 Å². The zero-order chi connectivity index (χ0) is 8.60. The first kappa shape index (κ1) is 8.09. The van der Waals surface area contributed by atoms with Crippen LogP contribution in [0.15, 0.2) is 0 Å². The quantitative estimate of drug-likeness (QED) is 0.519. The molecule has 2 nitrogen and oxygen atoms in total. The maximum Gasteiger partial charge on any atom is 0.306 e. The van der Waals surface area contributed by atoms with Crippen LogP contribution >= 0.6 is 0 Å². The summed E-state index contributed by atoms with van der Waals surface area (Å²) in [5, 5.41) is 0. The van der Waals surface area contributed by atoms with Crippen molar-refractivity contribution in [3.8, 4) is 0 Å². The van der Waals surface area contributed by atoms with Crippen molar-refractivity contribution in [2.75, 3.05) is 0 Å². The van der Waals surface area contributed by atoms with Gasteiger partial charge in [0, 0.05) is 6.42 Å². The number of esters is 1. The molecule has 2 unspecified atom stereocenters. The topological polar surface area (TPSA) is 26.3 Å². The van der Waals surface area contributed by atoms with E-state index in [2.05, 4.69) is 6.92 Å². The fraction of sp³-hybridized carbons (Fsp3) is 0.900. The molecule has 2 rings (SSSR count). The maximum atomic E-state index is 11.0. The molecular weight excluding hydrogens is 152 g/mol. The maximum absolute atomic E-state index is 11.0. The van der Waals surface area contributed by atoms with Gasteiger partial charge in [0.15, 0.2) is 0 Å². The van der Waals surface area contributed by atoms with E-state index in [-0.39, 0.29) is 11.6 Å². The lowest BCUT2D eigenvalue weighted by molar-refractivity contribution is -0.155. The van der Waals surface area contributed by atoms with E-state index in [1.165, 1.54) is 19.3 Å². The van der Waals surface area contributed by atoms with E-state index in [4.69, 9.17) is 4.74 Å². The van der Waals surface area contributed by atoms with Crippen LogP contribution < -0.4 is 0 Å². The van der Waals surface area contributed by atoms with E-state index < -0.39 is 0 Å². The number of ether oxygens (including phenoxy) is 1. The molecule has 2 fully saturated rings. The van der Waals surface area contributed by atoms with Gasteiger partial charge in [-0.15, -0.1) is 0 Å². The zero-order valence-corrected chi connectivity index (χ0v) is 7.64. The van der Waals surface area contributed by atoms with Crippen molar-refractivity contribution in [1.29, 1.82) is 0 Å². The minimum atomic E-state index is -0.0463. The summed E-state index contributed by atoms with van der Waals surface area (Å²) >= 11 is 0. The Morgan fingerprint density at radius 2 is 2.25 bits per heavy atom. The summed E-state index contributed by atoms with van der Waals surface area (Å²) in [6.45, 7) is 2.22. The van der Waals surface area contributed by atoms with Crippen LogP contribution in [0.4, 0.5) is 0 Å². The van der Waals surface area contributed by atoms with Gasteiger partial charge in [-0.25, -0.2) is 0 Å². The highest BCUT2D eigenvalue weighted by Gasteiger charge is 2.45. The molecule has 0 aromatic carbocycles. The fourth-order valence-corrected chi connectivity index (χ4v) is 2.55. The second kappa shape index (κ2) is 2.75. The van der Waals surface area contributed by atoms with Gasteiger partial charge in [0.25, 0.3) is 0 Å². The van der Waals surface area contributed by atoms with E-state index in [0.29, 0.717) is 12.3 Å². The predicted octanol–water partition coefficient (Wildman–Crippen LogP) is 2.27. The summed E-state index contributed by atoms with van der Waals surface area (Å²) in [5.74, 6) is 0.599. The Bertz CT molecular complexity index is 200. The predicted molar refractivity (Wildman–Crippen MR) is 45.7 cm³/mol. The number of carbonyl (C=O) groups is 1. The standard InChI is InChI=1S/C10H16O2/c1-8-4-2-3-6-10(8)7-5-9(11)12-10/h8H,2-7H2,1H3. The monoisotopic (exact) mass is 168 g/mol. The Balaban J connectivity index is 2.12. The molecule has 0 amide bonds. The smallest absolute Gasteiger partial charge is 0.306 e. The summed E-state index contributed by atoms with van der Waals surface area (Å²) in [4.78, 5) is 11.0. The molecule has 0 bridgehead atoms. The van der Waals surface area contributed by atoms with E-state index in [0.717, 1.165) is 12.8 Å². The summed E-state index contributed by atoms with van der Waals surface area (Å²) in [5.41, 5.74) is -0.0463. The normalized spacial score (nSPS) is 41.8. The highest BCUT2D eigenvalue weighted by molar-refractivity contribution is 5.72. The Kier molecular flexibility index (Phi) is 1.85. The Labute approximate surface area is 73.3 Å². The first-order valence-corrected chi connectivity index (χ1v) is 4.95. The van der Waals surface area contributed by atoms with Gasteiger partial charge in [0.1, 0.15) is 5.60 Å². The fourth-order valence-electron chi connectivity index (χ4n) is 2.55. The van der Waals surface area contributed by atoms with Crippen LogP contribution in [0.2, 0.25) is 0 Å². The molecule has 1 aliphatic heterocycles. The van der Waals surface area contributed by atoms with Gasteiger partial charge in [-0.2, -0.15) is 0 Å². The van der Waals surface area contributed by atoms with E-state index in [1.54, 1.807) is 0 Å². The van der Waals surface area contributed by atoms with Gasteiger partial charge in [-0.3, -0.25) is 4.79 Å². The first-order valence-electron chi connectivity index (χ1n) is 4.95. The number of rotatable bonds is 0. The molecule has 2 aliphatic rings. The Morgan fingerprint density at radius 3 is 2.83 bits per heavy atom. The SMILES string of the molecule is CC1CCCCC12CCC(=O)O2. The average molecular weight is 168 g/mol. The van der Waals surface area contributed by atoms with Crippen LogP contribution in [0.1, 0.15) is 45.4 Å². The van der Waals surface area contributed by atoms with E-state index in [9.17, 15) is 4.79 Å². The molecule has 1 spiro atoms. The third kappa shape index (κ3) is 1.13. The molecule has 1 saturated heterocycles. The van der Waals surface area contributed by atoms with Crippen molar-refractivity contribution < 1.29 is 9.53 Å². The summed E-state index contributed by atoms with van der Waals surface area (Å²) in [6.07, 6.45) is 6.47. The van der Waals surface area contributed by atoms with Crippen LogP contribution in [0.3, 0.4) is 0 Å².